The number of amides is 1. The number of hydrogen-bond donors (Lipinski definition) is 1. The topological polar surface area (TPSA) is 41.6 Å². The third kappa shape index (κ3) is 3.95. The zero-order chi connectivity index (χ0) is 16.8. The van der Waals surface area contributed by atoms with Crippen molar-refractivity contribution in [3.63, 3.8) is 0 Å². The predicted octanol–water partition coefficient (Wildman–Crippen LogP) is 3.02. The van der Waals surface area contributed by atoms with Crippen molar-refractivity contribution in [2.75, 3.05) is 20.1 Å². The lowest BCUT2D eigenvalue weighted by Crippen LogP contribution is -2.49. The molecule has 2 aromatic carbocycles. The maximum Gasteiger partial charge on any atom is 0.268 e. The molecule has 1 fully saturated rings. The summed E-state index contributed by atoms with van der Waals surface area (Å²) >= 11 is 0. The van der Waals surface area contributed by atoms with Crippen LogP contribution in [0, 0.1) is 0 Å². The number of benzene rings is 2. The van der Waals surface area contributed by atoms with E-state index < -0.39 is 6.10 Å². The first kappa shape index (κ1) is 16.5. The van der Waals surface area contributed by atoms with Crippen LogP contribution in [-0.4, -0.2) is 37.0 Å². The number of para-hydroxylation sites is 1. The van der Waals surface area contributed by atoms with Crippen LogP contribution < -0.4 is 10.1 Å². The number of carbonyl (C=O) groups is 1. The summed E-state index contributed by atoms with van der Waals surface area (Å²) in [5, 5.41) is 3.28. The van der Waals surface area contributed by atoms with E-state index in [4.69, 9.17) is 4.74 Å². The van der Waals surface area contributed by atoms with Crippen molar-refractivity contribution in [3.05, 3.63) is 66.2 Å². The van der Waals surface area contributed by atoms with E-state index in [0.717, 1.165) is 31.5 Å². The molecule has 1 aliphatic rings. The lowest BCUT2D eigenvalue weighted by Gasteiger charge is -2.35. The highest BCUT2D eigenvalue weighted by Crippen LogP contribution is 2.25. The molecule has 2 aromatic rings. The van der Waals surface area contributed by atoms with E-state index in [9.17, 15) is 4.79 Å². The number of carbonyl (C=O) groups excluding carboxylic acids is 1. The lowest BCUT2D eigenvalue weighted by atomic mass is 10.0. The number of piperidine rings is 1. The van der Waals surface area contributed by atoms with Crippen LogP contribution in [0.2, 0.25) is 0 Å². The summed E-state index contributed by atoms with van der Waals surface area (Å²) in [4.78, 5) is 15.1. The predicted molar refractivity (Wildman–Crippen MR) is 94.9 cm³/mol. The SMILES string of the molecule is CNC1CCCN(C(=O)C(Oc2ccccc2)c2ccccc2)C1. The number of likely N-dealkylation sites (tertiary alicyclic amines) is 1. The molecule has 0 bridgehead atoms. The monoisotopic (exact) mass is 324 g/mol. The molecule has 0 saturated carbocycles. The van der Waals surface area contributed by atoms with E-state index in [2.05, 4.69) is 5.32 Å². The molecule has 1 amide bonds. The van der Waals surface area contributed by atoms with E-state index in [-0.39, 0.29) is 5.91 Å². The molecule has 0 spiro atoms. The number of ether oxygens (including phenoxy) is 1. The smallest absolute Gasteiger partial charge is 0.268 e. The second kappa shape index (κ2) is 7.97. The van der Waals surface area contributed by atoms with Crippen LogP contribution in [0.5, 0.6) is 5.75 Å². The standard InChI is InChI=1S/C20H24N2O2/c1-21-17-11-8-14-22(15-17)20(23)19(16-9-4-2-5-10-16)24-18-12-6-3-7-13-18/h2-7,9-10,12-13,17,19,21H,8,11,14-15H2,1H3. The van der Waals surface area contributed by atoms with Crippen molar-refractivity contribution in [2.24, 2.45) is 0 Å². The maximum atomic E-state index is 13.1. The number of nitrogens with one attached hydrogen (secondary N) is 1. The Balaban J connectivity index is 1.82. The van der Waals surface area contributed by atoms with Gasteiger partial charge in [-0.15, -0.1) is 0 Å². The molecule has 2 atom stereocenters. The summed E-state index contributed by atoms with van der Waals surface area (Å²) in [6, 6.07) is 19.6. The zero-order valence-electron chi connectivity index (χ0n) is 14.0. The van der Waals surface area contributed by atoms with Gasteiger partial charge in [0, 0.05) is 24.7 Å². The van der Waals surface area contributed by atoms with E-state index >= 15 is 0 Å². The maximum absolute atomic E-state index is 13.1. The average molecular weight is 324 g/mol. The van der Waals surface area contributed by atoms with E-state index in [1.165, 1.54) is 0 Å². The van der Waals surface area contributed by atoms with Gasteiger partial charge in [-0.3, -0.25) is 4.79 Å². The average Bonchev–Trinajstić information content (AvgIpc) is 2.67. The van der Waals surface area contributed by atoms with E-state index in [0.29, 0.717) is 11.8 Å². The third-order valence-corrected chi connectivity index (χ3v) is 4.47. The molecule has 1 heterocycles. The van der Waals surface area contributed by atoms with Crippen molar-refractivity contribution in [1.29, 1.82) is 0 Å². The van der Waals surface area contributed by atoms with Crippen LogP contribution in [0.25, 0.3) is 0 Å². The highest BCUT2D eigenvalue weighted by atomic mass is 16.5. The summed E-state index contributed by atoms with van der Waals surface area (Å²) in [5.74, 6) is 0.742. The van der Waals surface area contributed by atoms with Crippen molar-refractivity contribution in [1.82, 2.24) is 10.2 Å². The van der Waals surface area contributed by atoms with Crippen LogP contribution in [0.3, 0.4) is 0 Å². The molecular formula is C20H24N2O2. The van der Waals surface area contributed by atoms with Gasteiger partial charge in [0.15, 0.2) is 0 Å². The van der Waals surface area contributed by atoms with Gasteiger partial charge >= 0.3 is 0 Å². The molecule has 0 aromatic heterocycles. The van der Waals surface area contributed by atoms with Gasteiger partial charge in [-0.25, -0.2) is 0 Å². The fourth-order valence-corrected chi connectivity index (χ4v) is 3.10. The first-order chi connectivity index (χ1) is 11.8. The summed E-state index contributed by atoms with van der Waals surface area (Å²) < 4.78 is 6.07. The number of hydrogen-bond acceptors (Lipinski definition) is 3. The molecule has 0 radical (unpaired) electrons. The molecule has 4 heteroatoms. The minimum Gasteiger partial charge on any atom is -0.476 e. The molecule has 3 rings (SSSR count). The number of nitrogens with zero attached hydrogens (tertiary/aromatic N) is 1. The van der Waals surface area contributed by atoms with Crippen molar-refractivity contribution < 1.29 is 9.53 Å². The van der Waals surface area contributed by atoms with Crippen molar-refractivity contribution in [2.45, 2.75) is 25.0 Å². The summed E-state index contributed by atoms with van der Waals surface area (Å²) in [7, 11) is 1.95. The molecule has 1 saturated heterocycles. The Morgan fingerprint density at radius 2 is 1.79 bits per heavy atom. The fraction of sp³-hybridized carbons (Fsp3) is 0.350. The fourth-order valence-electron chi connectivity index (χ4n) is 3.10. The first-order valence-corrected chi connectivity index (χ1v) is 8.50. The second-order valence-corrected chi connectivity index (χ2v) is 6.13. The third-order valence-electron chi connectivity index (χ3n) is 4.47. The van der Waals surface area contributed by atoms with Crippen LogP contribution in [-0.2, 0) is 4.79 Å². The Labute approximate surface area is 143 Å². The Hall–Kier alpha value is -2.33. The molecule has 0 aliphatic carbocycles. The van der Waals surface area contributed by atoms with Gasteiger partial charge < -0.3 is 15.0 Å². The Morgan fingerprint density at radius 3 is 2.46 bits per heavy atom. The molecule has 1 N–H and O–H groups in total. The quantitative estimate of drug-likeness (QED) is 0.919. The Morgan fingerprint density at radius 1 is 1.12 bits per heavy atom. The van der Waals surface area contributed by atoms with Crippen LogP contribution in [0.4, 0.5) is 0 Å². The Kier molecular flexibility index (Phi) is 5.49. The van der Waals surface area contributed by atoms with Crippen molar-refractivity contribution >= 4 is 5.91 Å². The zero-order valence-corrected chi connectivity index (χ0v) is 14.0. The highest BCUT2D eigenvalue weighted by Gasteiger charge is 2.31. The molecule has 2 unspecified atom stereocenters. The molecule has 1 aliphatic heterocycles. The van der Waals surface area contributed by atoms with Gasteiger partial charge in [-0.2, -0.15) is 0 Å². The largest absolute Gasteiger partial charge is 0.476 e. The van der Waals surface area contributed by atoms with Crippen LogP contribution in [0.1, 0.15) is 24.5 Å². The summed E-state index contributed by atoms with van der Waals surface area (Å²) in [5.41, 5.74) is 0.887. The molecule has 24 heavy (non-hydrogen) atoms. The summed E-state index contributed by atoms with van der Waals surface area (Å²) in [6.45, 7) is 1.52. The van der Waals surface area contributed by atoms with Gasteiger partial charge in [0.05, 0.1) is 0 Å². The normalized spacial score (nSPS) is 18.9. The number of likely N-dealkylation sites (N-methyl/N-ethyl adjacent to an activating group) is 1. The van der Waals surface area contributed by atoms with E-state index in [1.54, 1.807) is 0 Å². The summed E-state index contributed by atoms with van der Waals surface area (Å²) in [6.07, 6.45) is 1.52. The van der Waals surface area contributed by atoms with Gasteiger partial charge in [0.2, 0.25) is 6.10 Å². The minimum absolute atomic E-state index is 0.0324. The van der Waals surface area contributed by atoms with Crippen LogP contribution in [0.15, 0.2) is 60.7 Å². The molecular weight excluding hydrogens is 300 g/mol. The van der Waals surface area contributed by atoms with Crippen LogP contribution >= 0.6 is 0 Å². The molecule has 126 valence electrons. The van der Waals surface area contributed by atoms with Gasteiger partial charge in [0.1, 0.15) is 5.75 Å². The van der Waals surface area contributed by atoms with Crippen molar-refractivity contribution in [3.8, 4) is 5.75 Å². The lowest BCUT2D eigenvalue weighted by molar-refractivity contribution is -0.140. The molecule has 4 nitrogen and oxygen atoms in total. The number of rotatable bonds is 5. The van der Waals surface area contributed by atoms with E-state index in [1.807, 2.05) is 72.6 Å². The van der Waals surface area contributed by atoms with Gasteiger partial charge in [0.25, 0.3) is 5.91 Å². The first-order valence-electron chi connectivity index (χ1n) is 8.50. The van der Waals surface area contributed by atoms with Gasteiger partial charge in [-0.1, -0.05) is 48.5 Å². The Bertz CT molecular complexity index is 645. The minimum atomic E-state index is -0.607. The highest BCUT2D eigenvalue weighted by molar-refractivity contribution is 5.83. The van der Waals surface area contributed by atoms with Gasteiger partial charge in [-0.05, 0) is 32.0 Å². The second-order valence-electron chi connectivity index (χ2n) is 6.13.